The molecule has 2 amide bonds. The maximum atomic E-state index is 11.8. The van der Waals surface area contributed by atoms with Gasteiger partial charge in [-0.3, -0.25) is 0 Å². The van der Waals surface area contributed by atoms with Gasteiger partial charge in [-0.1, -0.05) is 0 Å². The molecule has 0 aromatic rings. The second-order valence-electron chi connectivity index (χ2n) is 10.3. The molecule has 0 unspecified atom stereocenters. The predicted molar refractivity (Wildman–Crippen MR) is 122 cm³/mol. The van der Waals surface area contributed by atoms with Crippen LogP contribution >= 0.6 is 0 Å². The lowest BCUT2D eigenvalue weighted by molar-refractivity contribution is -0.00650. The number of nitrogens with zero attached hydrogens (tertiary/aromatic N) is 2. The summed E-state index contributed by atoms with van der Waals surface area (Å²) in [6.07, 6.45) is 1.01. The fourth-order valence-corrected chi connectivity index (χ4v) is 3.49. The molecule has 2 fully saturated rings. The van der Waals surface area contributed by atoms with Crippen LogP contribution in [0.25, 0.3) is 0 Å². The predicted octanol–water partition coefficient (Wildman–Crippen LogP) is 1.94. The van der Waals surface area contributed by atoms with Gasteiger partial charge in [0.2, 0.25) is 0 Å². The smallest absolute Gasteiger partial charge is 0.410 e. The van der Waals surface area contributed by atoms with Crippen molar-refractivity contribution < 1.29 is 28.5 Å². The summed E-state index contributed by atoms with van der Waals surface area (Å²) in [6, 6.07) is -0.266. The monoisotopic (exact) mass is 460 g/mol. The van der Waals surface area contributed by atoms with Gasteiger partial charge in [-0.2, -0.15) is 0 Å². The molecule has 4 atom stereocenters. The first-order valence-electron chi connectivity index (χ1n) is 11.2. The highest BCUT2D eigenvalue weighted by Crippen LogP contribution is 2.17. The molecule has 2 heterocycles. The van der Waals surface area contributed by atoms with Crippen LogP contribution in [0.15, 0.2) is 0 Å². The molecule has 0 saturated carbocycles. The van der Waals surface area contributed by atoms with E-state index in [-0.39, 0.29) is 36.5 Å². The molecular formula is C22H44N4O6. The highest BCUT2D eigenvalue weighted by Gasteiger charge is 2.32. The number of methoxy groups -OCH3 is 2. The number of hydrogen-bond donors (Lipinski definition) is 2. The third-order valence-electron chi connectivity index (χ3n) is 5.09. The van der Waals surface area contributed by atoms with Crippen LogP contribution in [-0.4, -0.2) is 97.9 Å². The van der Waals surface area contributed by atoms with E-state index in [1.54, 1.807) is 24.0 Å². The van der Waals surface area contributed by atoms with E-state index in [0.29, 0.717) is 26.2 Å². The van der Waals surface area contributed by atoms with Gasteiger partial charge < -0.3 is 40.2 Å². The molecule has 0 radical (unpaired) electrons. The minimum Gasteiger partial charge on any atom is -0.444 e. The minimum absolute atomic E-state index is 0.0405. The molecular weight excluding hydrogens is 416 g/mol. The Hall–Kier alpha value is -1.62. The second kappa shape index (κ2) is 12.0. The van der Waals surface area contributed by atoms with Crippen molar-refractivity contribution in [3.8, 4) is 0 Å². The molecule has 10 heteroatoms. The number of amides is 2. The fourth-order valence-electron chi connectivity index (χ4n) is 3.49. The molecule has 0 aromatic heterocycles. The summed E-state index contributed by atoms with van der Waals surface area (Å²) >= 11 is 0. The van der Waals surface area contributed by atoms with Crippen molar-refractivity contribution in [2.45, 2.75) is 89.9 Å². The molecule has 2 rings (SSSR count). The maximum Gasteiger partial charge on any atom is 0.410 e. The standard InChI is InChI=1S/2C11H22N2O3/c2*1-11(2,3)16-10(14)13-6-5-9(15-4)8(12)7-13/h2*8-9H,5-7,12H2,1-4H3/t2*8-,9-/m10/s1. The van der Waals surface area contributed by atoms with Gasteiger partial charge in [-0.15, -0.1) is 0 Å². The SMILES string of the molecule is CO[C@@H]1CCN(C(=O)OC(C)(C)C)C[C@H]1N.CO[C@H]1CCN(C(=O)OC(C)(C)C)C[C@@H]1N. The van der Waals surface area contributed by atoms with Crippen LogP contribution < -0.4 is 11.5 Å². The first-order valence-corrected chi connectivity index (χ1v) is 11.2. The van der Waals surface area contributed by atoms with Crippen molar-refractivity contribution in [2.75, 3.05) is 40.4 Å². The van der Waals surface area contributed by atoms with E-state index in [4.69, 9.17) is 30.4 Å². The van der Waals surface area contributed by atoms with Crippen molar-refractivity contribution in [3.63, 3.8) is 0 Å². The van der Waals surface area contributed by atoms with Crippen LogP contribution in [0, 0.1) is 0 Å². The molecule has 2 aliphatic heterocycles. The lowest BCUT2D eigenvalue weighted by atomic mass is 10.0. The van der Waals surface area contributed by atoms with Gasteiger partial charge in [0.1, 0.15) is 11.2 Å². The van der Waals surface area contributed by atoms with Crippen LogP contribution in [0.3, 0.4) is 0 Å². The zero-order chi connectivity index (χ0) is 24.7. The summed E-state index contributed by atoms with van der Waals surface area (Å²) < 4.78 is 21.0. The molecule has 0 spiro atoms. The summed E-state index contributed by atoms with van der Waals surface area (Å²) in [5.74, 6) is 0. The van der Waals surface area contributed by atoms with Crippen molar-refractivity contribution in [1.29, 1.82) is 0 Å². The summed E-state index contributed by atoms with van der Waals surface area (Å²) in [6.45, 7) is 13.4. The largest absolute Gasteiger partial charge is 0.444 e. The van der Waals surface area contributed by atoms with Crippen LogP contribution in [0.4, 0.5) is 9.59 Å². The maximum absolute atomic E-state index is 11.8. The average Bonchev–Trinajstić information content (AvgIpc) is 2.65. The third kappa shape index (κ3) is 9.89. The number of likely N-dealkylation sites (tertiary alicyclic amines) is 2. The van der Waals surface area contributed by atoms with Gasteiger partial charge in [0, 0.05) is 52.5 Å². The van der Waals surface area contributed by atoms with Gasteiger partial charge in [0.25, 0.3) is 0 Å². The highest BCUT2D eigenvalue weighted by atomic mass is 16.6. The van der Waals surface area contributed by atoms with Crippen LogP contribution in [-0.2, 0) is 18.9 Å². The molecule has 0 aliphatic carbocycles. The number of nitrogens with two attached hydrogens (primary N) is 2. The van der Waals surface area contributed by atoms with Crippen molar-refractivity contribution in [1.82, 2.24) is 9.80 Å². The topological polar surface area (TPSA) is 130 Å². The number of piperidine rings is 2. The van der Waals surface area contributed by atoms with Crippen LogP contribution in [0.2, 0.25) is 0 Å². The second-order valence-corrected chi connectivity index (χ2v) is 10.3. The molecule has 0 aromatic carbocycles. The van der Waals surface area contributed by atoms with Gasteiger partial charge >= 0.3 is 12.2 Å². The zero-order valence-corrected chi connectivity index (χ0v) is 21.1. The van der Waals surface area contributed by atoms with Crippen molar-refractivity contribution >= 4 is 12.2 Å². The Bertz CT molecular complexity index is 552. The third-order valence-corrected chi connectivity index (χ3v) is 5.09. The Kier molecular flexibility index (Phi) is 10.7. The first-order chi connectivity index (χ1) is 14.7. The Morgan fingerprint density at radius 2 is 1.03 bits per heavy atom. The number of rotatable bonds is 2. The quantitative estimate of drug-likeness (QED) is 0.639. The van der Waals surface area contributed by atoms with E-state index in [9.17, 15) is 9.59 Å². The molecule has 10 nitrogen and oxygen atoms in total. The summed E-state index contributed by atoms with van der Waals surface area (Å²) in [5, 5.41) is 0. The minimum atomic E-state index is -0.459. The highest BCUT2D eigenvalue weighted by molar-refractivity contribution is 5.68. The molecule has 2 aliphatic rings. The Morgan fingerprint density at radius 3 is 1.25 bits per heavy atom. The Balaban J connectivity index is 0.000000320. The Labute approximate surface area is 192 Å². The zero-order valence-electron chi connectivity index (χ0n) is 21.1. The van der Waals surface area contributed by atoms with E-state index < -0.39 is 11.2 Å². The van der Waals surface area contributed by atoms with Crippen LogP contribution in [0.1, 0.15) is 54.4 Å². The van der Waals surface area contributed by atoms with E-state index in [1.807, 2.05) is 41.5 Å². The number of carbonyl (C=O) groups excluding carboxylic acids is 2. The molecule has 2 saturated heterocycles. The van der Waals surface area contributed by atoms with E-state index in [0.717, 1.165) is 12.8 Å². The fraction of sp³-hybridized carbons (Fsp3) is 0.909. The number of ether oxygens (including phenoxy) is 4. The van der Waals surface area contributed by atoms with Crippen LogP contribution in [0.5, 0.6) is 0 Å². The summed E-state index contributed by atoms with van der Waals surface area (Å²) in [4.78, 5) is 26.8. The number of carbonyl (C=O) groups is 2. The molecule has 188 valence electrons. The van der Waals surface area contributed by atoms with Gasteiger partial charge in [-0.05, 0) is 54.4 Å². The molecule has 4 N–H and O–H groups in total. The van der Waals surface area contributed by atoms with E-state index >= 15 is 0 Å². The average molecular weight is 461 g/mol. The summed E-state index contributed by atoms with van der Waals surface area (Å²) in [5.41, 5.74) is 10.9. The van der Waals surface area contributed by atoms with Crippen molar-refractivity contribution in [2.24, 2.45) is 11.5 Å². The lowest BCUT2D eigenvalue weighted by Crippen LogP contribution is -2.54. The molecule has 0 bridgehead atoms. The van der Waals surface area contributed by atoms with Gasteiger partial charge in [0.05, 0.1) is 12.2 Å². The first kappa shape index (κ1) is 28.4. The summed E-state index contributed by atoms with van der Waals surface area (Å²) in [7, 11) is 3.29. The van der Waals surface area contributed by atoms with E-state index in [1.165, 1.54) is 0 Å². The van der Waals surface area contributed by atoms with Gasteiger partial charge in [-0.25, -0.2) is 9.59 Å². The number of hydrogen-bond acceptors (Lipinski definition) is 8. The normalized spacial score (nSPS) is 26.7. The lowest BCUT2D eigenvalue weighted by Gasteiger charge is -2.36. The van der Waals surface area contributed by atoms with Crippen molar-refractivity contribution in [3.05, 3.63) is 0 Å². The van der Waals surface area contributed by atoms with Gasteiger partial charge in [0.15, 0.2) is 0 Å². The van der Waals surface area contributed by atoms with E-state index in [2.05, 4.69) is 0 Å². The Morgan fingerprint density at radius 1 is 0.719 bits per heavy atom. The molecule has 32 heavy (non-hydrogen) atoms.